The number of hydrogen-bond donors (Lipinski definition) is 1. The molecule has 1 N–H and O–H groups in total. The zero-order valence-electron chi connectivity index (χ0n) is 11.4. The van der Waals surface area contributed by atoms with Gasteiger partial charge in [0.25, 0.3) is 0 Å². The van der Waals surface area contributed by atoms with Crippen molar-refractivity contribution in [2.24, 2.45) is 0 Å². The van der Waals surface area contributed by atoms with Crippen molar-refractivity contribution in [2.75, 3.05) is 32.2 Å². The van der Waals surface area contributed by atoms with Crippen LogP contribution in [0.1, 0.15) is 19.4 Å². The standard InChI is InChI=1S/C14H23NO3/c1-4-17-14(18-5-2)10-15-13-8-6-7-12(9-13)11-16-3/h6-9,14-15H,4-5,10-11H2,1-3H3. The molecule has 1 aromatic carbocycles. The minimum atomic E-state index is -0.203. The van der Waals surface area contributed by atoms with E-state index >= 15 is 0 Å². The van der Waals surface area contributed by atoms with E-state index in [0.29, 0.717) is 26.4 Å². The first kappa shape index (κ1) is 15.0. The van der Waals surface area contributed by atoms with Crippen molar-refractivity contribution in [3.63, 3.8) is 0 Å². The number of anilines is 1. The van der Waals surface area contributed by atoms with Gasteiger partial charge in [0.05, 0.1) is 13.2 Å². The maximum atomic E-state index is 5.47. The predicted molar refractivity (Wildman–Crippen MR) is 72.7 cm³/mol. The minimum absolute atomic E-state index is 0.203. The van der Waals surface area contributed by atoms with E-state index in [0.717, 1.165) is 11.3 Å². The van der Waals surface area contributed by atoms with Gasteiger partial charge in [-0.25, -0.2) is 0 Å². The normalized spacial score (nSPS) is 10.9. The molecule has 0 aliphatic heterocycles. The van der Waals surface area contributed by atoms with Crippen molar-refractivity contribution >= 4 is 5.69 Å². The molecule has 0 saturated carbocycles. The molecule has 0 aliphatic carbocycles. The summed E-state index contributed by atoms with van der Waals surface area (Å²) in [7, 11) is 1.69. The van der Waals surface area contributed by atoms with Gasteiger partial charge in [-0.3, -0.25) is 0 Å². The molecule has 102 valence electrons. The molecule has 4 heteroatoms. The van der Waals surface area contributed by atoms with Crippen LogP contribution in [0.15, 0.2) is 24.3 Å². The fraction of sp³-hybridized carbons (Fsp3) is 0.571. The van der Waals surface area contributed by atoms with Crippen LogP contribution in [0.3, 0.4) is 0 Å². The van der Waals surface area contributed by atoms with Gasteiger partial charge in [-0.2, -0.15) is 0 Å². The van der Waals surface area contributed by atoms with E-state index < -0.39 is 0 Å². The molecular weight excluding hydrogens is 230 g/mol. The molecule has 4 nitrogen and oxygen atoms in total. The van der Waals surface area contributed by atoms with Crippen LogP contribution in [0.5, 0.6) is 0 Å². The lowest BCUT2D eigenvalue weighted by atomic mass is 10.2. The van der Waals surface area contributed by atoms with Gasteiger partial charge in [0.2, 0.25) is 0 Å². The summed E-state index contributed by atoms with van der Waals surface area (Å²) in [6.45, 7) is 6.48. The van der Waals surface area contributed by atoms with Gasteiger partial charge < -0.3 is 19.5 Å². The molecule has 1 rings (SSSR count). The molecular formula is C14H23NO3. The van der Waals surface area contributed by atoms with Crippen molar-refractivity contribution < 1.29 is 14.2 Å². The first-order valence-corrected chi connectivity index (χ1v) is 6.35. The Kier molecular flexibility index (Phi) is 7.41. The summed E-state index contributed by atoms with van der Waals surface area (Å²) in [6, 6.07) is 8.14. The van der Waals surface area contributed by atoms with E-state index in [2.05, 4.69) is 11.4 Å². The second kappa shape index (κ2) is 8.91. The first-order chi connectivity index (χ1) is 8.80. The Morgan fingerprint density at radius 1 is 1.17 bits per heavy atom. The third kappa shape index (κ3) is 5.49. The van der Waals surface area contributed by atoms with E-state index in [4.69, 9.17) is 14.2 Å². The summed E-state index contributed by atoms with van der Waals surface area (Å²) < 4.78 is 16.1. The molecule has 0 aliphatic rings. The maximum Gasteiger partial charge on any atom is 0.174 e. The van der Waals surface area contributed by atoms with Crippen molar-refractivity contribution in [2.45, 2.75) is 26.7 Å². The number of hydrogen-bond acceptors (Lipinski definition) is 4. The smallest absolute Gasteiger partial charge is 0.174 e. The van der Waals surface area contributed by atoms with Crippen LogP contribution in [0.4, 0.5) is 5.69 Å². The Bertz CT molecular complexity index is 325. The van der Waals surface area contributed by atoms with Gasteiger partial charge in [0, 0.05) is 26.0 Å². The summed E-state index contributed by atoms with van der Waals surface area (Å²) in [6.07, 6.45) is -0.203. The van der Waals surface area contributed by atoms with Crippen LogP contribution in [0.25, 0.3) is 0 Å². The lowest BCUT2D eigenvalue weighted by Gasteiger charge is -2.18. The zero-order chi connectivity index (χ0) is 13.2. The third-order valence-corrected chi connectivity index (χ3v) is 2.42. The molecule has 0 fully saturated rings. The van der Waals surface area contributed by atoms with Gasteiger partial charge in [0.1, 0.15) is 0 Å². The van der Waals surface area contributed by atoms with Crippen LogP contribution in [-0.2, 0) is 20.8 Å². The molecule has 0 radical (unpaired) electrons. The number of nitrogens with one attached hydrogen (secondary N) is 1. The van der Waals surface area contributed by atoms with Crippen molar-refractivity contribution in [3.8, 4) is 0 Å². The minimum Gasteiger partial charge on any atom is -0.380 e. The highest BCUT2D eigenvalue weighted by Crippen LogP contribution is 2.11. The van der Waals surface area contributed by atoms with Crippen molar-refractivity contribution in [3.05, 3.63) is 29.8 Å². The summed E-state index contributed by atoms with van der Waals surface area (Å²) in [5.74, 6) is 0. The van der Waals surface area contributed by atoms with Gasteiger partial charge >= 0.3 is 0 Å². The van der Waals surface area contributed by atoms with E-state index in [1.165, 1.54) is 0 Å². The molecule has 0 bridgehead atoms. The van der Waals surface area contributed by atoms with E-state index in [1.54, 1.807) is 7.11 Å². The van der Waals surface area contributed by atoms with Crippen LogP contribution < -0.4 is 5.32 Å². The number of benzene rings is 1. The summed E-state index contributed by atoms with van der Waals surface area (Å²) in [5, 5.41) is 3.31. The van der Waals surface area contributed by atoms with Gasteiger partial charge in [-0.05, 0) is 31.5 Å². The van der Waals surface area contributed by atoms with Crippen LogP contribution >= 0.6 is 0 Å². The Morgan fingerprint density at radius 2 is 1.89 bits per heavy atom. The fourth-order valence-corrected chi connectivity index (χ4v) is 1.68. The molecule has 0 aromatic heterocycles. The van der Waals surface area contributed by atoms with Gasteiger partial charge in [0.15, 0.2) is 6.29 Å². The second-order valence-electron chi connectivity index (χ2n) is 3.85. The van der Waals surface area contributed by atoms with E-state index in [9.17, 15) is 0 Å². The Hall–Kier alpha value is -1.10. The largest absolute Gasteiger partial charge is 0.380 e. The number of ether oxygens (including phenoxy) is 3. The molecule has 0 heterocycles. The summed E-state index contributed by atoms with van der Waals surface area (Å²) >= 11 is 0. The average Bonchev–Trinajstić information content (AvgIpc) is 2.37. The molecule has 18 heavy (non-hydrogen) atoms. The molecule has 0 amide bonds. The van der Waals surface area contributed by atoms with Crippen molar-refractivity contribution in [1.82, 2.24) is 0 Å². The molecule has 0 saturated heterocycles. The second-order valence-corrected chi connectivity index (χ2v) is 3.85. The number of methoxy groups -OCH3 is 1. The first-order valence-electron chi connectivity index (χ1n) is 6.35. The topological polar surface area (TPSA) is 39.7 Å². The Balaban J connectivity index is 2.47. The molecule has 1 aromatic rings. The fourth-order valence-electron chi connectivity index (χ4n) is 1.68. The summed E-state index contributed by atoms with van der Waals surface area (Å²) in [5.41, 5.74) is 2.20. The van der Waals surface area contributed by atoms with E-state index in [1.807, 2.05) is 32.0 Å². The quantitative estimate of drug-likeness (QED) is 0.687. The highest BCUT2D eigenvalue weighted by Gasteiger charge is 2.07. The van der Waals surface area contributed by atoms with E-state index in [-0.39, 0.29) is 6.29 Å². The van der Waals surface area contributed by atoms with Crippen LogP contribution in [0, 0.1) is 0 Å². The van der Waals surface area contributed by atoms with Gasteiger partial charge in [-0.1, -0.05) is 12.1 Å². The third-order valence-electron chi connectivity index (χ3n) is 2.42. The van der Waals surface area contributed by atoms with Crippen LogP contribution in [0.2, 0.25) is 0 Å². The maximum absolute atomic E-state index is 5.47. The van der Waals surface area contributed by atoms with Crippen molar-refractivity contribution in [1.29, 1.82) is 0 Å². The molecule has 0 atom stereocenters. The monoisotopic (exact) mass is 253 g/mol. The highest BCUT2D eigenvalue weighted by atomic mass is 16.7. The summed E-state index contributed by atoms with van der Waals surface area (Å²) in [4.78, 5) is 0. The van der Waals surface area contributed by atoms with Crippen LogP contribution in [-0.4, -0.2) is 33.2 Å². The Labute approximate surface area is 109 Å². The number of rotatable bonds is 9. The predicted octanol–water partition coefficient (Wildman–Crippen LogP) is 2.64. The lowest BCUT2D eigenvalue weighted by Crippen LogP contribution is -2.26. The lowest BCUT2D eigenvalue weighted by molar-refractivity contribution is -0.126. The Morgan fingerprint density at radius 3 is 2.50 bits per heavy atom. The SMILES string of the molecule is CCOC(CNc1cccc(COC)c1)OCC. The van der Waals surface area contributed by atoms with Gasteiger partial charge in [-0.15, -0.1) is 0 Å². The molecule has 0 unspecified atom stereocenters. The molecule has 0 spiro atoms. The zero-order valence-corrected chi connectivity index (χ0v) is 11.4. The highest BCUT2D eigenvalue weighted by molar-refractivity contribution is 5.45. The average molecular weight is 253 g/mol.